The van der Waals surface area contributed by atoms with Gasteiger partial charge >= 0.3 is 0 Å². The number of aliphatic hydroxyl groups is 1. The summed E-state index contributed by atoms with van der Waals surface area (Å²) in [7, 11) is 1.88. The zero-order chi connectivity index (χ0) is 6.69. The minimum absolute atomic E-state index is 0.156. The van der Waals surface area contributed by atoms with Gasteiger partial charge < -0.3 is 15.7 Å². The molecular weight excluding hydrogens is 115 g/mol. The molecule has 1 fully saturated rings. The molecule has 0 amide bonds. The first-order valence-electron chi connectivity index (χ1n) is 3.40. The lowest BCUT2D eigenvalue weighted by atomic mass is 10.0. The van der Waals surface area contributed by atoms with Crippen molar-refractivity contribution in [1.82, 2.24) is 10.5 Å². The van der Waals surface area contributed by atoms with Crippen molar-refractivity contribution in [3.05, 3.63) is 0 Å². The molecule has 2 atom stereocenters. The molecule has 0 radical (unpaired) electrons. The first-order chi connectivity index (χ1) is 4.34. The van der Waals surface area contributed by atoms with Gasteiger partial charge in [-0.05, 0) is 13.0 Å². The van der Waals surface area contributed by atoms with Crippen LogP contribution in [0.5, 0.6) is 0 Å². The fraction of sp³-hybridized carbons (Fsp3) is 1.00. The van der Waals surface area contributed by atoms with E-state index in [1.807, 2.05) is 7.98 Å². The quantitative estimate of drug-likeness (QED) is 0.352. The summed E-state index contributed by atoms with van der Waals surface area (Å²) >= 11 is 0. The Morgan fingerprint density at radius 3 is 2.89 bits per heavy atom. The van der Waals surface area contributed by atoms with E-state index in [1.54, 1.807) is 0 Å². The zero-order valence-electron chi connectivity index (χ0n) is 5.72. The number of hydrogen-bond acceptors (Lipinski definition) is 3. The smallest absolute Gasteiger partial charge is 0.182 e. The second kappa shape index (κ2) is 3.20. The summed E-state index contributed by atoms with van der Waals surface area (Å²) < 4.78 is 0. The molecule has 3 N–H and O–H groups in total. The van der Waals surface area contributed by atoms with Crippen LogP contribution in [0.3, 0.4) is 0 Å². The van der Waals surface area contributed by atoms with Gasteiger partial charge in [0.25, 0.3) is 0 Å². The van der Waals surface area contributed by atoms with E-state index in [-0.39, 0.29) is 12.1 Å². The third kappa shape index (κ3) is 1.68. The van der Waals surface area contributed by atoms with Crippen LogP contribution in [0.4, 0.5) is 0 Å². The van der Waals surface area contributed by atoms with Crippen molar-refractivity contribution in [1.29, 1.82) is 0 Å². The van der Waals surface area contributed by atoms with Crippen molar-refractivity contribution in [2.75, 3.05) is 13.1 Å². The predicted octanol–water partition coefficient (Wildman–Crippen LogP) is -2.15. The van der Waals surface area contributed by atoms with E-state index in [2.05, 4.69) is 10.5 Å². The van der Waals surface area contributed by atoms with E-state index in [0.29, 0.717) is 0 Å². The Labute approximate surface area is 56.3 Å². The molecule has 4 heteroatoms. The van der Waals surface area contributed by atoms with Crippen molar-refractivity contribution in [3.8, 4) is 0 Å². The van der Waals surface area contributed by atoms with Gasteiger partial charge in [-0.1, -0.05) is 0 Å². The molecule has 1 aliphatic rings. The minimum atomic E-state index is -0.156. The van der Waals surface area contributed by atoms with Gasteiger partial charge in [-0.25, -0.2) is 0 Å². The Hall–Kier alpha value is -0.0551. The lowest BCUT2D eigenvalue weighted by molar-refractivity contribution is 0.110. The Kier molecular flexibility index (Phi) is 2.51. The van der Waals surface area contributed by atoms with Crippen LogP contribution in [0.1, 0.15) is 6.42 Å². The maximum atomic E-state index is 9.27. The Morgan fingerprint density at radius 1 is 1.67 bits per heavy atom. The van der Waals surface area contributed by atoms with Crippen molar-refractivity contribution in [2.24, 2.45) is 0 Å². The summed E-state index contributed by atoms with van der Waals surface area (Å²) in [6, 6.07) is 0.249. The van der Waals surface area contributed by atoms with E-state index in [0.717, 1.165) is 19.5 Å². The molecule has 0 bridgehead atoms. The van der Waals surface area contributed by atoms with Crippen LogP contribution in [0.25, 0.3) is 0 Å². The maximum absolute atomic E-state index is 9.27. The summed E-state index contributed by atoms with van der Waals surface area (Å²) in [6.45, 7) is 1.83. The highest BCUT2D eigenvalue weighted by molar-refractivity contribution is 6.04. The molecule has 0 unspecified atom stereocenters. The molecule has 0 aliphatic carbocycles. The van der Waals surface area contributed by atoms with Gasteiger partial charge in [0.05, 0.1) is 6.10 Å². The predicted molar refractivity (Wildman–Crippen MR) is 39.0 cm³/mol. The molecule has 1 heterocycles. The summed E-state index contributed by atoms with van der Waals surface area (Å²) in [6.07, 6.45) is 0.710. The molecule has 0 aromatic heterocycles. The van der Waals surface area contributed by atoms with E-state index in [9.17, 15) is 5.11 Å². The first kappa shape index (κ1) is 7.06. The van der Waals surface area contributed by atoms with Gasteiger partial charge in [0.15, 0.2) is 7.98 Å². The van der Waals surface area contributed by atoms with Crippen LogP contribution in [0.15, 0.2) is 0 Å². The number of nitrogens with one attached hydrogen (secondary N) is 2. The zero-order valence-corrected chi connectivity index (χ0v) is 5.72. The number of hydrogen-bond donors (Lipinski definition) is 3. The van der Waals surface area contributed by atoms with Crippen LogP contribution in [-0.4, -0.2) is 38.3 Å². The van der Waals surface area contributed by atoms with E-state index in [1.165, 1.54) is 0 Å². The normalized spacial score (nSPS) is 36.6. The Morgan fingerprint density at radius 2 is 2.44 bits per heavy atom. The molecule has 3 nitrogen and oxygen atoms in total. The van der Waals surface area contributed by atoms with E-state index < -0.39 is 0 Å². The third-order valence-electron chi connectivity index (χ3n) is 1.82. The number of aliphatic hydroxyl groups excluding tert-OH is 1. The van der Waals surface area contributed by atoms with Crippen molar-refractivity contribution < 1.29 is 5.11 Å². The molecule has 0 aromatic carbocycles. The largest absolute Gasteiger partial charge is 0.391 e. The Bertz CT molecular complexity index is 91.0. The SMILES string of the molecule is BN[C@H]1CNCC[C@H]1O. The van der Waals surface area contributed by atoms with Crippen LogP contribution in [-0.2, 0) is 0 Å². The van der Waals surface area contributed by atoms with Crippen LogP contribution < -0.4 is 10.5 Å². The lowest BCUT2D eigenvalue weighted by Gasteiger charge is -2.27. The molecular formula is C5H13BN2O. The summed E-state index contributed by atoms with van der Waals surface area (Å²) in [5.41, 5.74) is 0. The van der Waals surface area contributed by atoms with E-state index >= 15 is 0 Å². The minimum Gasteiger partial charge on any atom is -0.391 e. The molecule has 0 aromatic rings. The van der Waals surface area contributed by atoms with Gasteiger partial charge in [0.2, 0.25) is 0 Å². The maximum Gasteiger partial charge on any atom is 0.182 e. The van der Waals surface area contributed by atoms with E-state index in [4.69, 9.17) is 0 Å². The molecule has 1 aliphatic heterocycles. The Balaban J connectivity index is 2.30. The number of piperidine rings is 1. The molecule has 1 rings (SSSR count). The van der Waals surface area contributed by atoms with Crippen molar-refractivity contribution in [2.45, 2.75) is 18.6 Å². The molecule has 0 spiro atoms. The van der Waals surface area contributed by atoms with Gasteiger partial charge in [0, 0.05) is 12.6 Å². The van der Waals surface area contributed by atoms with Gasteiger partial charge in [-0.2, -0.15) is 0 Å². The summed E-state index contributed by atoms with van der Waals surface area (Å²) in [4.78, 5) is 0. The van der Waals surface area contributed by atoms with Gasteiger partial charge in [-0.3, -0.25) is 0 Å². The third-order valence-corrected chi connectivity index (χ3v) is 1.82. The number of rotatable bonds is 1. The monoisotopic (exact) mass is 128 g/mol. The highest BCUT2D eigenvalue weighted by Crippen LogP contribution is 2.01. The van der Waals surface area contributed by atoms with Crippen molar-refractivity contribution in [3.63, 3.8) is 0 Å². The second-order valence-electron chi connectivity index (χ2n) is 2.46. The molecule has 52 valence electrons. The fourth-order valence-electron chi connectivity index (χ4n) is 1.14. The van der Waals surface area contributed by atoms with Crippen molar-refractivity contribution >= 4 is 7.98 Å². The van der Waals surface area contributed by atoms with Crippen LogP contribution >= 0.6 is 0 Å². The standard InChI is InChI=1S/C5H13BN2O/c6-8-4-3-7-2-1-5(4)9/h4-5,7-9H,1-3,6H2/t4-,5+/m0/s1. The van der Waals surface area contributed by atoms with Crippen LogP contribution in [0.2, 0.25) is 0 Å². The lowest BCUT2D eigenvalue weighted by Crippen LogP contribution is -2.51. The topological polar surface area (TPSA) is 44.3 Å². The van der Waals surface area contributed by atoms with Gasteiger partial charge in [-0.15, -0.1) is 0 Å². The molecule has 1 saturated heterocycles. The summed E-state index contributed by atoms with van der Waals surface area (Å²) in [5.74, 6) is 0. The highest BCUT2D eigenvalue weighted by Gasteiger charge is 2.19. The second-order valence-corrected chi connectivity index (χ2v) is 2.46. The molecule has 0 saturated carbocycles. The summed E-state index contributed by atoms with van der Waals surface area (Å²) in [5, 5.41) is 15.5. The average molecular weight is 128 g/mol. The van der Waals surface area contributed by atoms with Crippen LogP contribution in [0, 0.1) is 0 Å². The fourth-order valence-corrected chi connectivity index (χ4v) is 1.14. The molecule has 9 heavy (non-hydrogen) atoms. The first-order valence-corrected chi connectivity index (χ1v) is 3.40. The average Bonchev–Trinajstić information content (AvgIpc) is 1.89. The van der Waals surface area contributed by atoms with Gasteiger partial charge in [0.1, 0.15) is 0 Å². The highest BCUT2D eigenvalue weighted by atomic mass is 16.3.